The first-order valence-electron chi connectivity index (χ1n) is 7.22. The second kappa shape index (κ2) is 7.84. The molecule has 0 aliphatic heterocycles. The fourth-order valence-corrected chi connectivity index (χ4v) is 2.60. The van der Waals surface area contributed by atoms with Gasteiger partial charge in [0.25, 0.3) is 0 Å². The van der Waals surface area contributed by atoms with Gasteiger partial charge < -0.3 is 11.9 Å². The SMILES string of the molecule is NC(=O)N(O)C[C@@H]1C[C@H]1c1cccc(Oc2ccccc2)c1.[H-].[Na+]. The van der Waals surface area contributed by atoms with Crippen LogP contribution in [0.3, 0.4) is 0 Å². The van der Waals surface area contributed by atoms with E-state index in [1.807, 2.05) is 54.6 Å². The maximum absolute atomic E-state index is 10.8. The Bertz CT molecular complexity index is 672. The van der Waals surface area contributed by atoms with Crippen molar-refractivity contribution in [3.05, 3.63) is 60.2 Å². The largest absolute Gasteiger partial charge is 1.00 e. The van der Waals surface area contributed by atoms with E-state index in [9.17, 15) is 10.0 Å². The van der Waals surface area contributed by atoms with Crippen molar-refractivity contribution in [3.63, 3.8) is 0 Å². The first-order chi connectivity index (χ1) is 10.6. The van der Waals surface area contributed by atoms with Crippen molar-refractivity contribution < 1.29 is 45.7 Å². The van der Waals surface area contributed by atoms with Crippen LogP contribution in [0.25, 0.3) is 0 Å². The summed E-state index contributed by atoms with van der Waals surface area (Å²) in [6, 6.07) is 16.7. The molecule has 0 unspecified atom stereocenters. The van der Waals surface area contributed by atoms with Gasteiger partial charge in [0, 0.05) is 0 Å². The van der Waals surface area contributed by atoms with Gasteiger partial charge in [-0.1, -0.05) is 30.3 Å². The van der Waals surface area contributed by atoms with Crippen LogP contribution >= 0.6 is 0 Å². The van der Waals surface area contributed by atoms with Crippen LogP contribution in [0.15, 0.2) is 54.6 Å². The molecule has 0 saturated heterocycles. The summed E-state index contributed by atoms with van der Waals surface area (Å²) >= 11 is 0. The molecule has 2 aromatic rings. The number of ether oxygens (including phenoxy) is 1. The fraction of sp³-hybridized carbons (Fsp3) is 0.235. The molecule has 1 saturated carbocycles. The van der Waals surface area contributed by atoms with E-state index < -0.39 is 6.03 Å². The zero-order valence-electron chi connectivity index (χ0n) is 14.1. The Hall–Kier alpha value is -1.53. The molecule has 6 heteroatoms. The molecule has 0 bridgehead atoms. The van der Waals surface area contributed by atoms with Crippen molar-refractivity contribution in [2.45, 2.75) is 12.3 Å². The minimum Gasteiger partial charge on any atom is -1.00 e. The first-order valence-corrected chi connectivity index (χ1v) is 7.22. The molecule has 2 atom stereocenters. The van der Waals surface area contributed by atoms with Crippen LogP contribution in [0.2, 0.25) is 0 Å². The number of carbonyl (C=O) groups excluding carboxylic acids is 1. The number of hydrogen-bond acceptors (Lipinski definition) is 3. The number of nitrogens with two attached hydrogens (primary N) is 1. The first kappa shape index (κ1) is 17.8. The molecule has 0 aromatic heterocycles. The number of rotatable bonds is 5. The molecular weight excluding hydrogens is 303 g/mol. The Balaban J connectivity index is 0.00000144. The van der Waals surface area contributed by atoms with Crippen LogP contribution < -0.4 is 40.0 Å². The predicted octanol–water partition coefficient (Wildman–Crippen LogP) is 0.469. The molecule has 3 N–H and O–H groups in total. The zero-order valence-corrected chi connectivity index (χ0v) is 15.1. The van der Waals surface area contributed by atoms with E-state index >= 15 is 0 Å². The summed E-state index contributed by atoms with van der Waals surface area (Å²) in [5.41, 5.74) is 6.17. The number of para-hydroxylation sites is 1. The number of primary amides is 1. The molecule has 0 heterocycles. The fourth-order valence-electron chi connectivity index (χ4n) is 2.60. The number of amides is 2. The Morgan fingerprint density at radius 3 is 2.61 bits per heavy atom. The average Bonchev–Trinajstić information content (AvgIpc) is 3.28. The summed E-state index contributed by atoms with van der Waals surface area (Å²) in [6.07, 6.45) is 0.930. The predicted molar refractivity (Wildman–Crippen MR) is 83.0 cm³/mol. The number of hydrogen-bond donors (Lipinski definition) is 2. The third-order valence-corrected chi connectivity index (χ3v) is 3.85. The Kier molecular flexibility index (Phi) is 6.07. The van der Waals surface area contributed by atoms with Gasteiger partial charge in [-0.25, -0.2) is 9.86 Å². The number of hydroxylamine groups is 2. The molecule has 1 fully saturated rings. The van der Waals surface area contributed by atoms with Crippen LogP contribution in [0.4, 0.5) is 4.79 Å². The van der Waals surface area contributed by atoms with Crippen molar-refractivity contribution in [2.75, 3.05) is 6.54 Å². The quantitative estimate of drug-likeness (QED) is 0.477. The van der Waals surface area contributed by atoms with Crippen LogP contribution in [0, 0.1) is 5.92 Å². The van der Waals surface area contributed by atoms with Crippen molar-refractivity contribution in [2.24, 2.45) is 11.7 Å². The van der Waals surface area contributed by atoms with Gasteiger partial charge >= 0.3 is 35.6 Å². The summed E-state index contributed by atoms with van der Waals surface area (Å²) < 4.78 is 5.82. The molecule has 2 aromatic carbocycles. The van der Waals surface area contributed by atoms with Crippen LogP contribution in [0.1, 0.15) is 19.3 Å². The third-order valence-electron chi connectivity index (χ3n) is 3.85. The van der Waals surface area contributed by atoms with Gasteiger partial charge in [0.1, 0.15) is 11.5 Å². The van der Waals surface area contributed by atoms with Gasteiger partial charge in [0.15, 0.2) is 0 Å². The van der Waals surface area contributed by atoms with E-state index in [-0.39, 0.29) is 43.4 Å². The molecule has 2 amide bonds. The molecular formula is C17H19N2NaO3. The van der Waals surface area contributed by atoms with Crippen LogP contribution in [0.5, 0.6) is 11.5 Å². The van der Waals surface area contributed by atoms with E-state index in [0.717, 1.165) is 23.5 Å². The van der Waals surface area contributed by atoms with Gasteiger partial charge in [-0.2, -0.15) is 0 Å². The second-order valence-corrected chi connectivity index (χ2v) is 5.51. The number of urea groups is 1. The summed E-state index contributed by atoms with van der Waals surface area (Å²) in [6.45, 7) is 0.268. The second-order valence-electron chi connectivity index (χ2n) is 5.51. The minimum atomic E-state index is -0.813. The van der Waals surface area contributed by atoms with Gasteiger partial charge in [0.05, 0.1) is 6.54 Å². The summed E-state index contributed by atoms with van der Waals surface area (Å²) in [5, 5.41) is 9.96. The zero-order chi connectivity index (χ0) is 15.5. The number of nitrogens with zero attached hydrogens (tertiary/aromatic N) is 1. The number of benzene rings is 2. The van der Waals surface area contributed by atoms with E-state index in [4.69, 9.17) is 10.5 Å². The van der Waals surface area contributed by atoms with Crippen molar-refractivity contribution in [1.82, 2.24) is 5.06 Å². The standard InChI is InChI=1S/C17H18N2O3.Na.H/c18-17(20)19(21)11-13-10-16(13)12-5-4-8-15(9-12)22-14-6-2-1-3-7-14;;/h1-9,13,16,21H,10-11H2,(H2,18,20);;/q;+1;-1/t13-,16-;;/m0../s1. The minimum absolute atomic E-state index is 0. The van der Waals surface area contributed by atoms with Crippen LogP contribution in [-0.2, 0) is 0 Å². The van der Waals surface area contributed by atoms with Gasteiger partial charge in [-0.05, 0) is 48.1 Å². The van der Waals surface area contributed by atoms with E-state index in [1.54, 1.807) is 0 Å². The normalized spacial score (nSPS) is 18.7. The molecule has 1 aliphatic carbocycles. The number of carbonyl (C=O) groups is 1. The van der Waals surface area contributed by atoms with Crippen molar-refractivity contribution in [1.29, 1.82) is 0 Å². The molecule has 5 nitrogen and oxygen atoms in total. The van der Waals surface area contributed by atoms with Gasteiger partial charge in [-0.15, -0.1) is 0 Å². The summed E-state index contributed by atoms with van der Waals surface area (Å²) in [4.78, 5) is 10.8. The van der Waals surface area contributed by atoms with E-state index in [2.05, 4.69) is 0 Å². The Labute approximate surface area is 158 Å². The van der Waals surface area contributed by atoms with Crippen LogP contribution in [-0.4, -0.2) is 22.8 Å². The molecule has 23 heavy (non-hydrogen) atoms. The topological polar surface area (TPSA) is 75.8 Å². The summed E-state index contributed by atoms with van der Waals surface area (Å²) in [5.74, 6) is 2.14. The van der Waals surface area contributed by atoms with E-state index in [0.29, 0.717) is 11.0 Å². The monoisotopic (exact) mass is 322 g/mol. The molecule has 3 rings (SSSR count). The van der Waals surface area contributed by atoms with Crippen molar-refractivity contribution in [3.8, 4) is 11.5 Å². The summed E-state index contributed by atoms with van der Waals surface area (Å²) in [7, 11) is 0. The third kappa shape index (κ3) is 4.72. The van der Waals surface area contributed by atoms with E-state index in [1.165, 1.54) is 0 Å². The van der Waals surface area contributed by atoms with Gasteiger partial charge in [0.2, 0.25) is 0 Å². The Morgan fingerprint density at radius 1 is 1.22 bits per heavy atom. The molecule has 0 radical (unpaired) electrons. The molecule has 1 aliphatic rings. The maximum Gasteiger partial charge on any atom is 1.00 e. The average molecular weight is 322 g/mol. The smallest absolute Gasteiger partial charge is 1.00 e. The molecule has 116 valence electrons. The molecule has 0 spiro atoms. The van der Waals surface area contributed by atoms with Crippen molar-refractivity contribution >= 4 is 6.03 Å². The maximum atomic E-state index is 10.8. The van der Waals surface area contributed by atoms with Gasteiger partial charge in [-0.3, -0.25) is 5.21 Å². The Morgan fingerprint density at radius 2 is 1.91 bits per heavy atom.